The Labute approximate surface area is 86.3 Å². The first-order valence-electron chi connectivity index (χ1n) is 5.37. The summed E-state index contributed by atoms with van der Waals surface area (Å²) in [7, 11) is 0. The molecule has 0 spiro atoms. The molecule has 1 heteroatoms. The van der Waals surface area contributed by atoms with Gasteiger partial charge in [-0.05, 0) is 38.2 Å². The lowest BCUT2D eigenvalue weighted by atomic mass is 9.66. The minimum absolute atomic E-state index is 0.0316. The number of hydrogen-bond acceptors (Lipinski definition) is 1. The SMILES string of the molecule is Cc1cc(C)cc(C2(N)CC(C)C2)c1. The number of benzene rings is 1. The molecule has 0 radical (unpaired) electrons. The van der Waals surface area contributed by atoms with Gasteiger partial charge in [-0.3, -0.25) is 0 Å². The Morgan fingerprint density at radius 1 is 1.14 bits per heavy atom. The highest BCUT2D eigenvalue weighted by Gasteiger charge is 2.39. The number of rotatable bonds is 1. The average Bonchev–Trinajstić information content (AvgIpc) is 1.99. The summed E-state index contributed by atoms with van der Waals surface area (Å²) in [5.41, 5.74) is 10.3. The largest absolute Gasteiger partial charge is 0.321 e. The Hall–Kier alpha value is -0.820. The van der Waals surface area contributed by atoms with Crippen LogP contribution in [0.4, 0.5) is 0 Å². The minimum Gasteiger partial charge on any atom is -0.321 e. The van der Waals surface area contributed by atoms with E-state index < -0.39 is 0 Å². The Bertz CT molecular complexity index is 328. The standard InChI is InChI=1S/C13H19N/c1-9-4-10(2)6-12(5-9)13(14)7-11(3)8-13/h4-6,11H,7-8,14H2,1-3H3. The van der Waals surface area contributed by atoms with Gasteiger partial charge in [-0.1, -0.05) is 36.2 Å². The molecule has 1 aromatic rings. The zero-order valence-corrected chi connectivity index (χ0v) is 9.30. The van der Waals surface area contributed by atoms with Crippen molar-refractivity contribution in [3.05, 3.63) is 34.9 Å². The second-order valence-corrected chi connectivity index (χ2v) is 5.05. The summed E-state index contributed by atoms with van der Waals surface area (Å²) in [6, 6.07) is 6.67. The molecule has 1 aromatic carbocycles. The lowest BCUT2D eigenvalue weighted by Crippen LogP contribution is -2.48. The van der Waals surface area contributed by atoms with Crippen LogP contribution in [0.5, 0.6) is 0 Å². The first-order chi connectivity index (χ1) is 6.49. The van der Waals surface area contributed by atoms with Crippen molar-refractivity contribution in [2.75, 3.05) is 0 Å². The maximum Gasteiger partial charge on any atom is 0.0414 e. The van der Waals surface area contributed by atoms with Gasteiger partial charge in [-0.2, -0.15) is 0 Å². The first kappa shape index (κ1) is 9.72. The van der Waals surface area contributed by atoms with Gasteiger partial charge in [0.25, 0.3) is 0 Å². The van der Waals surface area contributed by atoms with Gasteiger partial charge in [0.2, 0.25) is 0 Å². The van der Waals surface area contributed by atoms with E-state index in [1.54, 1.807) is 0 Å². The van der Waals surface area contributed by atoms with Gasteiger partial charge in [-0.15, -0.1) is 0 Å². The maximum atomic E-state index is 6.35. The molecule has 1 saturated carbocycles. The molecule has 0 aliphatic heterocycles. The summed E-state index contributed by atoms with van der Waals surface area (Å²) in [5.74, 6) is 0.792. The third-order valence-corrected chi connectivity index (χ3v) is 3.22. The van der Waals surface area contributed by atoms with Crippen molar-refractivity contribution in [2.24, 2.45) is 11.7 Å². The number of aryl methyl sites for hydroxylation is 2. The molecule has 0 saturated heterocycles. The van der Waals surface area contributed by atoms with E-state index in [4.69, 9.17) is 5.73 Å². The monoisotopic (exact) mass is 189 g/mol. The summed E-state index contributed by atoms with van der Waals surface area (Å²) in [5, 5.41) is 0. The fourth-order valence-electron chi connectivity index (χ4n) is 2.68. The molecule has 1 fully saturated rings. The normalized spacial score (nSPS) is 31.3. The summed E-state index contributed by atoms with van der Waals surface area (Å²) in [6.07, 6.45) is 2.27. The maximum absolute atomic E-state index is 6.35. The van der Waals surface area contributed by atoms with Crippen molar-refractivity contribution in [3.63, 3.8) is 0 Å². The molecule has 14 heavy (non-hydrogen) atoms. The van der Waals surface area contributed by atoms with Crippen LogP contribution in [0.1, 0.15) is 36.5 Å². The second kappa shape index (κ2) is 3.09. The predicted octanol–water partition coefficient (Wildman–Crippen LogP) is 2.89. The Morgan fingerprint density at radius 2 is 1.64 bits per heavy atom. The van der Waals surface area contributed by atoms with E-state index in [-0.39, 0.29) is 5.54 Å². The van der Waals surface area contributed by atoms with Crippen LogP contribution in [-0.2, 0) is 5.54 Å². The van der Waals surface area contributed by atoms with Crippen LogP contribution in [0.15, 0.2) is 18.2 Å². The van der Waals surface area contributed by atoms with E-state index in [9.17, 15) is 0 Å². The van der Waals surface area contributed by atoms with Gasteiger partial charge in [0.05, 0.1) is 0 Å². The smallest absolute Gasteiger partial charge is 0.0414 e. The lowest BCUT2D eigenvalue weighted by molar-refractivity contribution is 0.164. The van der Waals surface area contributed by atoms with Crippen molar-refractivity contribution >= 4 is 0 Å². The molecule has 1 aliphatic rings. The highest BCUT2D eigenvalue weighted by molar-refractivity contribution is 5.35. The van der Waals surface area contributed by atoms with Crippen molar-refractivity contribution < 1.29 is 0 Å². The van der Waals surface area contributed by atoms with E-state index >= 15 is 0 Å². The van der Waals surface area contributed by atoms with Gasteiger partial charge < -0.3 is 5.73 Å². The van der Waals surface area contributed by atoms with Crippen LogP contribution in [-0.4, -0.2) is 0 Å². The van der Waals surface area contributed by atoms with E-state index in [0.29, 0.717) is 0 Å². The van der Waals surface area contributed by atoms with Crippen molar-refractivity contribution in [3.8, 4) is 0 Å². The van der Waals surface area contributed by atoms with Gasteiger partial charge in [-0.25, -0.2) is 0 Å². The van der Waals surface area contributed by atoms with Gasteiger partial charge >= 0.3 is 0 Å². The molecule has 0 bridgehead atoms. The number of nitrogens with two attached hydrogens (primary N) is 1. The van der Waals surface area contributed by atoms with Crippen molar-refractivity contribution in [2.45, 2.75) is 39.2 Å². The molecule has 0 amide bonds. The van der Waals surface area contributed by atoms with Crippen LogP contribution in [0.3, 0.4) is 0 Å². The Kier molecular flexibility index (Phi) is 2.15. The van der Waals surface area contributed by atoms with E-state index in [2.05, 4.69) is 39.0 Å². The second-order valence-electron chi connectivity index (χ2n) is 5.05. The summed E-state index contributed by atoms with van der Waals surface area (Å²) < 4.78 is 0. The molecule has 0 atom stereocenters. The average molecular weight is 189 g/mol. The quantitative estimate of drug-likeness (QED) is 0.722. The molecular weight excluding hydrogens is 170 g/mol. The van der Waals surface area contributed by atoms with Crippen LogP contribution in [0.2, 0.25) is 0 Å². The lowest BCUT2D eigenvalue weighted by Gasteiger charge is -2.44. The molecule has 76 valence electrons. The van der Waals surface area contributed by atoms with E-state index in [1.165, 1.54) is 16.7 Å². The van der Waals surface area contributed by atoms with Crippen LogP contribution >= 0.6 is 0 Å². The molecule has 1 nitrogen and oxygen atoms in total. The van der Waals surface area contributed by atoms with E-state index in [1.807, 2.05) is 0 Å². The molecule has 0 aromatic heterocycles. The predicted molar refractivity (Wildman–Crippen MR) is 60.2 cm³/mol. The Morgan fingerprint density at radius 3 is 2.07 bits per heavy atom. The van der Waals surface area contributed by atoms with Crippen LogP contribution in [0.25, 0.3) is 0 Å². The minimum atomic E-state index is -0.0316. The zero-order valence-electron chi connectivity index (χ0n) is 9.30. The van der Waals surface area contributed by atoms with Crippen molar-refractivity contribution in [1.82, 2.24) is 0 Å². The Balaban J connectivity index is 2.32. The summed E-state index contributed by atoms with van der Waals surface area (Å²) in [6.45, 7) is 6.55. The van der Waals surface area contributed by atoms with Gasteiger partial charge in [0.15, 0.2) is 0 Å². The molecule has 1 aliphatic carbocycles. The molecular formula is C13H19N. The third-order valence-electron chi connectivity index (χ3n) is 3.22. The molecule has 0 heterocycles. The highest BCUT2D eigenvalue weighted by Crippen LogP contribution is 2.43. The molecule has 2 N–H and O–H groups in total. The first-order valence-corrected chi connectivity index (χ1v) is 5.37. The molecule has 0 unspecified atom stereocenters. The van der Waals surface area contributed by atoms with Gasteiger partial charge in [0.1, 0.15) is 0 Å². The van der Waals surface area contributed by atoms with E-state index in [0.717, 1.165) is 18.8 Å². The fourth-order valence-corrected chi connectivity index (χ4v) is 2.68. The highest BCUT2D eigenvalue weighted by atomic mass is 14.8. The topological polar surface area (TPSA) is 26.0 Å². The molecule has 2 rings (SSSR count). The van der Waals surface area contributed by atoms with Gasteiger partial charge in [0, 0.05) is 5.54 Å². The summed E-state index contributed by atoms with van der Waals surface area (Å²) >= 11 is 0. The van der Waals surface area contributed by atoms with Crippen molar-refractivity contribution in [1.29, 1.82) is 0 Å². The third kappa shape index (κ3) is 1.57. The van der Waals surface area contributed by atoms with Crippen LogP contribution < -0.4 is 5.73 Å². The van der Waals surface area contributed by atoms with Crippen LogP contribution in [0, 0.1) is 19.8 Å². The summed E-state index contributed by atoms with van der Waals surface area (Å²) in [4.78, 5) is 0. The number of hydrogen-bond donors (Lipinski definition) is 1. The fraction of sp³-hybridized carbons (Fsp3) is 0.538. The zero-order chi connectivity index (χ0) is 10.3.